The first kappa shape index (κ1) is 27.8. The van der Waals surface area contributed by atoms with Crippen molar-refractivity contribution >= 4 is 15.7 Å². The van der Waals surface area contributed by atoms with Crippen molar-refractivity contribution in [3.63, 3.8) is 0 Å². The van der Waals surface area contributed by atoms with Crippen LogP contribution in [0.5, 0.6) is 5.75 Å². The third-order valence-corrected chi connectivity index (χ3v) is 7.95. The van der Waals surface area contributed by atoms with Gasteiger partial charge in [0.2, 0.25) is 15.0 Å². The lowest BCUT2D eigenvalue weighted by Crippen LogP contribution is -2.43. The normalized spacial score (nSPS) is 14.5. The summed E-state index contributed by atoms with van der Waals surface area (Å²) >= 11 is 0. The van der Waals surface area contributed by atoms with Gasteiger partial charge in [-0.1, -0.05) is 12.1 Å². The van der Waals surface area contributed by atoms with Crippen molar-refractivity contribution in [1.82, 2.24) is 19.4 Å². The maximum Gasteiger partial charge on any atom is 0.289 e. The number of hydrogen-bond acceptors (Lipinski definition) is 9. The number of hydrogen-bond donors (Lipinski definition) is 0. The molecule has 0 spiro atoms. The molecule has 11 nitrogen and oxygen atoms in total. The summed E-state index contributed by atoms with van der Waals surface area (Å²) in [5.41, 5.74) is 1.18. The molecule has 1 aromatic carbocycles. The number of nitrogens with zero attached hydrogens (tertiary/aromatic N) is 4. The molecule has 0 aliphatic carbocycles. The Hall–Kier alpha value is -3.19. The molecule has 0 unspecified atom stereocenters. The Morgan fingerprint density at radius 3 is 2.66 bits per heavy atom. The third-order valence-electron chi connectivity index (χ3n) is 6.35. The van der Waals surface area contributed by atoms with E-state index in [9.17, 15) is 13.2 Å². The van der Waals surface area contributed by atoms with Crippen LogP contribution in [-0.4, -0.2) is 93.9 Å². The Morgan fingerprint density at radius 2 is 1.95 bits per heavy atom. The van der Waals surface area contributed by atoms with Gasteiger partial charge in [-0.05, 0) is 29.8 Å². The molecular weight excluding hydrogens is 512 g/mol. The Balaban J connectivity index is 1.59. The van der Waals surface area contributed by atoms with Gasteiger partial charge in [0.05, 0.1) is 57.4 Å². The van der Waals surface area contributed by atoms with Crippen molar-refractivity contribution in [2.75, 3.05) is 60.2 Å². The number of furan rings is 1. The lowest BCUT2D eigenvalue weighted by atomic mass is 10.2. The van der Waals surface area contributed by atoms with Crippen LogP contribution in [0.15, 0.2) is 58.4 Å². The van der Waals surface area contributed by atoms with Crippen molar-refractivity contribution in [2.24, 2.45) is 0 Å². The molecule has 0 atom stereocenters. The second-order valence-corrected chi connectivity index (χ2v) is 10.8. The fourth-order valence-corrected chi connectivity index (χ4v) is 5.83. The lowest BCUT2D eigenvalue weighted by molar-refractivity contribution is 0.0314. The quantitative estimate of drug-likeness (QED) is 0.318. The molecule has 3 heterocycles. The van der Waals surface area contributed by atoms with Gasteiger partial charge in [0.25, 0.3) is 5.91 Å². The second-order valence-electron chi connectivity index (χ2n) is 8.95. The van der Waals surface area contributed by atoms with Gasteiger partial charge in [-0.25, -0.2) is 13.4 Å². The molecule has 1 saturated heterocycles. The molecule has 12 heteroatoms. The minimum absolute atomic E-state index is 0.0639. The minimum atomic E-state index is -3.81. The summed E-state index contributed by atoms with van der Waals surface area (Å²) in [6.45, 7) is 4.70. The molecule has 4 rings (SSSR count). The number of sulfone groups is 1. The maximum absolute atomic E-state index is 13.5. The van der Waals surface area contributed by atoms with Crippen molar-refractivity contribution in [1.29, 1.82) is 0 Å². The zero-order valence-corrected chi connectivity index (χ0v) is 22.6. The molecule has 2 aromatic heterocycles. The van der Waals surface area contributed by atoms with E-state index in [1.807, 2.05) is 0 Å². The SMILES string of the molecule is COCCn1c(CN(CCN2CCOCC2)C(=O)c2ccco2)cnc1S(=O)(=O)Cc1cccc(OC)c1. The van der Waals surface area contributed by atoms with E-state index < -0.39 is 9.84 Å². The number of methoxy groups -OCH3 is 2. The molecule has 38 heavy (non-hydrogen) atoms. The van der Waals surface area contributed by atoms with Gasteiger partial charge in [-0.2, -0.15) is 0 Å². The highest BCUT2D eigenvalue weighted by Gasteiger charge is 2.27. The summed E-state index contributed by atoms with van der Waals surface area (Å²) in [6, 6.07) is 10.2. The summed E-state index contributed by atoms with van der Waals surface area (Å²) in [6.07, 6.45) is 2.98. The van der Waals surface area contributed by atoms with E-state index in [0.717, 1.165) is 13.1 Å². The van der Waals surface area contributed by atoms with E-state index in [2.05, 4.69) is 9.88 Å². The maximum atomic E-state index is 13.5. The van der Waals surface area contributed by atoms with Gasteiger partial charge in [-0.15, -0.1) is 0 Å². The Kier molecular flexibility index (Phi) is 9.56. The first-order valence-electron chi connectivity index (χ1n) is 12.4. The molecule has 206 valence electrons. The Labute approximate surface area is 222 Å². The van der Waals surface area contributed by atoms with Crippen LogP contribution >= 0.6 is 0 Å². The average molecular weight is 547 g/mol. The lowest BCUT2D eigenvalue weighted by Gasteiger charge is -2.30. The number of rotatable bonds is 13. The molecule has 0 saturated carbocycles. The topological polar surface area (TPSA) is 116 Å². The van der Waals surface area contributed by atoms with E-state index in [-0.39, 0.29) is 42.3 Å². The van der Waals surface area contributed by atoms with Crippen molar-refractivity contribution < 1.29 is 31.8 Å². The average Bonchev–Trinajstić information content (AvgIpc) is 3.61. The van der Waals surface area contributed by atoms with Gasteiger partial charge in [-0.3, -0.25) is 9.69 Å². The summed E-state index contributed by atoms with van der Waals surface area (Å²) < 4.78 is 49.8. The molecule has 1 aliphatic heterocycles. The molecule has 3 aromatic rings. The van der Waals surface area contributed by atoms with Crippen LogP contribution in [0.2, 0.25) is 0 Å². The Morgan fingerprint density at radius 1 is 1.13 bits per heavy atom. The zero-order valence-electron chi connectivity index (χ0n) is 21.7. The molecule has 1 amide bonds. The number of carbonyl (C=O) groups is 1. The number of amides is 1. The number of benzene rings is 1. The van der Waals surface area contributed by atoms with Crippen LogP contribution in [0.1, 0.15) is 21.8 Å². The number of morpholine rings is 1. The van der Waals surface area contributed by atoms with Gasteiger partial charge >= 0.3 is 0 Å². The van der Waals surface area contributed by atoms with Gasteiger partial charge in [0.15, 0.2) is 5.76 Å². The highest BCUT2D eigenvalue weighted by molar-refractivity contribution is 7.90. The van der Waals surface area contributed by atoms with Crippen LogP contribution in [0.3, 0.4) is 0 Å². The van der Waals surface area contributed by atoms with Crippen molar-refractivity contribution in [3.05, 3.63) is 65.9 Å². The Bertz CT molecular complexity index is 1280. The van der Waals surface area contributed by atoms with Crippen LogP contribution in [-0.2, 0) is 38.2 Å². The third kappa shape index (κ3) is 7.01. The second kappa shape index (κ2) is 13.1. The van der Waals surface area contributed by atoms with Crippen molar-refractivity contribution in [3.8, 4) is 5.75 Å². The van der Waals surface area contributed by atoms with E-state index in [1.54, 1.807) is 53.0 Å². The number of carbonyl (C=O) groups excluding carboxylic acids is 1. The largest absolute Gasteiger partial charge is 0.497 e. The standard InChI is InChI=1S/C26H34N4O7S/c1-34-14-12-30-22(18-27-26(30)38(32,33)20-21-5-3-6-23(17-21)35-2)19-29(25(31)24-7-4-13-37-24)9-8-28-10-15-36-16-11-28/h3-7,13,17-18H,8-12,14-16,19-20H2,1-2H3. The molecule has 1 fully saturated rings. The van der Waals surface area contributed by atoms with Crippen LogP contribution < -0.4 is 4.74 Å². The summed E-state index contributed by atoms with van der Waals surface area (Å²) in [7, 11) is -0.725. The zero-order chi connectivity index (χ0) is 27.0. The molecule has 0 N–H and O–H groups in total. The first-order valence-corrected chi connectivity index (χ1v) is 14.1. The highest BCUT2D eigenvalue weighted by atomic mass is 32.2. The van der Waals surface area contributed by atoms with Crippen molar-refractivity contribution in [2.45, 2.75) is 24.0 Å². The van der Waals surface area contributed by atoms with E-state index in [4.69, 9.17) is 18.6 Å². The number of ether oxygens (including phenoxy) is 3. The molecule has 0 radical (unpaired) electrons. The number of aromatic nitrogens is 2. The monoisotopic (exact) mass is 546 g/mol. The molecule has 0 bridgehead atoms. The minimum Gasteiger partial charge on any atom is -0.497 e. The molecule has 1 aliphatic rings. The first-order chi connectivity index (χ1) is 18.4. The van der Waals surface area contributed by atoms with Crippen LogP contribution in [0, 0.1) is 0 Å². The highest BCUT2D eigenvalue weighted by Crippen LogP contribution is 2.22. The smallest absolute Gasteiger partial charge is 0.289 e. The van der Waals surface area contributed by atoms with Gasteiger partial charge in [0, 0.05) is 39.8 Å². The van der Waals surface area contributed by atoms with Gasteiger partial charge < -0.3 is 28.1 Å². The molecular formula is C26H34N4O7S. The van der Waals surface area contributed by atoms with E-state index in [1.165, 1.54) is 19.6 Å². The summed E-state index contributed by atoms with van der Waals surface area (Å²) in [5, 5.41) is -0.0639. The van der Waals surface area contributed by atoms with Crippen LogP contribution in [0.25, 0.3) is 0 Å². The number of imidazole rings is 1. The summed E-state index contributed by atoms with van der Waals surface area (Å²) in [5.74, 6) is 0.289. The van der Waals surface area contributed by atoms with Gasteiger partial charge in [0.1, 0.15) is 5.75 Å². The summed E-state index contributed by atoms with van der Waals surface area (Å²) in [4.78, 5) is 21.5. The predicted octanol–water partition coefficient (Wildman–Crippen LogP) is 2.08. The van der Waals surface area contributed by atoms with E-state index in [0.29, 0.717) is 43.3 Å². The van der Waals surface area contributed by atoms with Crippen LogP contribution in [0.4, 0.5) is 0 Å². The fourth-order valence-electron chi connectivity index (χ4n) is 4.33. The predicted molar refractivity (Wildman–Crippen MR) is 139 cm³/mol. The van der Waals surface area contributed by atoms with E-state index >= 15 is 0 Å². The fraction of sp³-hybridized carbons (Fsp3) is 0.462.